The van der Waals surface area contributed by atoms with Crippen LogP contribution in [0.1, 0.15) is 12.8 Å². The molecule has 2 aliphatic rings. The Hall–Kier alpha value is -3.19. The molecule has 0 bridgehead atoms. The van der Waals surface area contributed by atoms with E-state index in [4.69, 9.17) is 0 Å². The molecule has 0 radical (unpaired) electrons. The Morgan fingerprint density at radius 2 is 1.83 bits per heavy atom. The highest BCUT2D eigenvalue weighted by Gasteiger charge is 2.31. The van der Waals surface area contributed by atoms with E-state index in [1.807, 2.05) is 53.4 Å². The lowest BCUT2D eigenvalue weighted by molar-refractivity contribution is -0.125. The van der Waals surface area contributed by atoms with Gasteiger partial charge < -0.3 is 10.6 Å². The number of amides is 3. The van der Waals surface area contributed by atoms with Crippen LogP contribution in [0.4, 0.5) is 17.1 Å². The molecule has 2 aliphatic heterocycles. The van der Waals surface area contributed by atoms with Crippen molar-refractivity contribution in [3.63, 3.8) is 0 Å². The summed E-state index contributed by atoms with van der Waals surface area (Å²) in [5.74, 6) is -0.503. The molecule has 2 N–H and O–H groups in total. The third kappa shape index (κ3) is 4.46. The number of hydrogen-bond donors (Lipinski definition) is 2. The summed E-state index contributed by atoms with van der Waals surface area (Å²) in [6, 6.07) is 16.7. The predicted molar refractivity (Wildman–Crippen MR) is 112 cm³/mol. The van der Waals surface area contributed by atoms with Gasteiger partial charge >= 0.3 is 0 Å². The number of likely N-dealkylation sites (tertiary alicyclic amines) is 1. The maximum Gasteiger partial charge on any atom is 0.244 e. The van der Waals surface area contributed by atoms with E-state index in [9.17, 15) is 14.4 Å². The molecular weight excluding hydrogens is 368 g/mol. The Bertz CT molecular complexity index is 915. The number of rotatable bonds is 4. The molecule has 4 rings (SSSR count). The van der Waals surface area contributed by atoms with E-state index in [-0.39, 0.29) is 36.7 Å². The molecule has 7 nitrogen and oxygen atoms in total. The summed E-state index contributed by atoms with van der Waals surface area (Å²) in [5.41, 5.74) is 2.14. The first-order valence-corrected chi connectivity index (χ1v) is 9.87. The molecule has 0 spiro atoms. The fraction of sp³-hybridized carbons (Fsp3) is 0.318. The molecule has 0 unspecified atom stereocenters. The number of nitrogens with zero attached hydrogens (tertiary/aromatic N) is 2. The number of carbonyl (C=O) groups excluding carboxylic acids is 3. The second kappa shape index (κ2) is 8.45. The molecule has 0 aliphatic carbocycles. The van der Waals surface area contributed by atoms with Crippen LogP contribution in [0.2, 0.25) is 0 Å². The van der Waals surface area contributed by atoms with Crippen molar-refractivity contribution in [3.05, 3.63) is 54.6 Å². The zero-order valence-electron chi connectivity index (χ0n) is 16.1. The van der Waals surface area contributed by atoms with Gasteiger partial charge in [-0.1, -0.05) is 30.3 Å². The van der Waals surface area contributed by atoms with Gasteiger partial charge in [-0.05, 0) is 43.7 Å². The second-order valence-electron chi connectivity index (χ2n) is 7.47. The largest absolute Gasteiger partial charge is 0.326 e. The number of carbonyl (C=O) groups is 3. The number of benzene rings is 2. The van der Waals surface area contributed by atoms with Crippen LogP contribution in [-0.2, 0) is 14.4 Å². The molecule has 1 fully saturated rings. The van der Waals surface area contributed by atoms with Crippen molar-refractivity contribution in [2.45, 2.75) is 12.8 Å². The minimum absolute atomic E-state index is 0.0155. The molecule has 3 amide bonds. The molecular formula is C22H24N4O3. The Morgan fingerprint density at radius 1 is 1.07 bits per heavy atom. The monoisotopic (exact) mass is 392 g/mol. The Kier molecular flexibility index (Phi) is 5.57. The van der Waals surface area contributed by atoms with Crippen molar-refractivity contribution >= 4 is 34.8 Å². The summed E-state index contributed by atoms with van der Waals surface area (Å²) in [6.07, 6.45) is 1.66. The minimum Gasteiger partial charge on any atom is -0.326 e. The van der Waals surface area contributed by atoms with E-state index in [1.165, 1.54) is 4.90 Å². The van der Waals surface area contributed by atoms with Crippen molar-refractivity contribution in [2.24, 2.45) is 5.92 Å². The van der Waals surface area contributed by atoms with Crippen molar-refractivity contribution in [1.82, 2.24) is 4.90 Å². The molecule has 0 aromatic heterocycles. The van der Waals surface area contributed by atoms with E-state index < -0.39 is 0 Å². The third-order valence-corrected chi connectivity index (χ3v) is 5.35. The summed E-state index contributed by atoms with van der Waals surface area (Å²) in [5, 5.41) is 5.75. The first-order chi connectivity index (χ1) is 14.1. The second-order valence-corrected chi connectivity index (χ2v) is 7.47. The van der Waals surface area contributed by atoms with Crippen molar-refractivity contribution in [1.29, 1.82) is 0 Å². The van der Waals surface area contributed by atoms with Gasteiger partial charge in [-0.3, -0.25) is 24.2 Å². The summed E-state index contributed by atoms with van der Waals surface area (Å²) < 4.78 is 0. The molecule has 0 saturated carbocycles. The molecule has 2 aromatic rings. The van der Waals surface area contributed by atoms with E-state index in [0.29, 0.717) is 17.9 Å². The zero-order valence-corrected chi connectivity index (χ0v) is 16.1. The zero-order chi connectivity index (χ0) is 20.2. The number of para-hydroxylation sites is 3. The Morgan fingerprint density at radius 3 is 2.66 bits per heavy atom. The average Bonchev–Trinajstić information content (AvgIpc) is 2.74. The van der Waals surface area contributed by atoms with Crippen LogP contribution < -0.4 is 15.5 Å². The summed E-state index contributed by atoms with van der Waals surface area (Å²) in [6.45, 7) is 1.51. The summed E-state index contributed by atoms with van der Waals surface area (Å²) in [7, 11) is 0. The number of fused-ring (bicyclic) bond motifs is 1. The molecule has 1 saturated heterocycles. The molecule has 150 valence electrons. The number of anilines is 3. The van der Waals surface area contributed by atoms with Gasteiger partial charge in [0.15, 0.2) is 0 Å². The van der Waals surface area contributed by atoms with E-state index in [0.717, 1.165) is 25.1 Å². The first kappa shape index (κ1) is 19.1. The Labute approximate surface area is 169 Å². The predicted octanol–water partition coefficient (Wildman–Crippen LogP) is 2.32. The van der Waals surface area contributed by atoms with Crippen LogP contribution in [0, 0.1) is 5.92 Å². The van der Waals surface area contributed by atoms with E-state index >= 15 is 0 Å². The highest BCUT2D eigenvalue weighted by Crippen LogP contribution is 2.29. The Balaban J connectivity index is 1.39. The van der Waals surface area contributed by atoms with Crippen molar-refractivity contribution < 1.29 is 14.4 Å². The highest BCUT2D eigenvalue weighted by molar-refractivity contribution is 6.10. The van der Waals surface area contributed by atoms with Gasteiger partial charge in [0.2, 0.25) is 17.7 Å². The average molecular weight is 392 g/mol. The van der Waals surface area contributed by atoms with Crippen LogP contribution in [0.3, 0.4) is 0 Å². The molecule has 1 atom stereocenters. The van der Waals surface area contributed by atoms with Gasteiger partial charge in [0, 0.05) is 12.2 Å². The summed E-state index contributed by atoms with van der Waals surface area (Å²) in [4.78, 5) is 41.1. The molecule has 2 aromatic carbocycles. The standard InChI is InChI=1S/C22H24N4O3/c27-20-14-26(19-11-5-4-10-18(19)24-20)21(28)15-25-12-6-7-16(13-25)22(29)23-17-8-2-1-3-9-17/h1-5,8-11,16H,6-7,12-15H2,(H,23,29)(H,24,27)/t16-/m0/s1. The third-order valence-electron chi connectivity index (χ3n) is 5.35. The maximum absolute atomic E-state index is 12.9. The lowest BCUT2D eigenvalue weighted by Gasteiger charge is -2.34. The topological polar surface area (TPSA) is 81.8 Å². The highest BCUT2D eigenvalue weighted by atomic mass is 16.2. The first-order valence-electron chi connectivity index (χ1n) is 9.87. The van der Waals surface area contributed by atoms with Gasteiger partial charge in [-0.15, -0.1) is 0 Å². The quantitative estimate of drug-likeness (QED) is 0.837. The van der Waals surface area contributed by atoms with Crippen LogP contribution in [-0.4, -0.2) is 48.8 Å². The minimum atomic E-state index is -0.198. The van der Waals surface area contributed by atoms with Crippen LogP contribution in [0.15, 0.2) is 54.6 Å². The van der Waals surface area contributed by atoms with E-state index in [2.05, 4.69) is 10.6 Å². The molecule has 29 heavy (non-hydrogen) atoms. The van der Waals surface area contributed by atoms with Gasteiger partial charge in [0.05, 0.1) is 23.8 Å². The lowest BCUT2D eigenvalue weighted by atomic mass is 9.97. The van der Waals surface area contributed by atoms with E-state index in [1.54, 1.807) is 6.07 Å². The fourth-order valence-corrected chi connectivity index (χ4v) is 3.91. The van der Waals surface area contributed by atoms with Crippen LogP contribution >= 0.6 is 0 Å². The number of piperidine rings is 1. The number of nitrogens with one attached hydrogen (secondary N) is 2. The SMILES string of the molecule is O=C1CN(C(=O)CN2CCC[C@H](C(=O)Nc3ccccc3)C2)c2ccccc2N1. The van der Waals surface area contributed by atoms with Gasteiger partial charge in [-0.25, -0.2) is 0 Å². The summed E-state index contributed by atoms with van der Waals surface area (Å²) >= 11 is 0. The smallest absolute Gasteiger partial charge is 0.244 e. The van der Waals surface area contributed by atoms with Crippen molar-refractivity contribution in [3.8, 4) is 0 Å². The molecule has 7 heteroatoms. The van der Waals surface area contributed by atoms with Gasteiger partial charge in [0.25, 0.3) is 0 Å². The number of hydrogen-bond acceptors (Lipinski definition) is 4. The normalized spacial score (nSPS) is 19.2. The van der Waals surface area contributed by atoms with Crippen molar-refractivity contribution in [2.75, 3.05) is 41.7 Å². The molecule has 2 heterocycles. The van der Waals surface area contributed by atoms with Crippen LogP contribution in [0.25, 0.3) is 0 Å². The van der Waals surface area contributed by atoms with Crippen LogP contribution in [0.5, 0.6) is 0 Å². The lowest BCUT2D eigenvalue weighted by Crippen LogP contribution is -2.49. The fourth-order valence-electron chi connectivity index (χ4n) is 3.91. The van der Waals surface area contributed by atoms with Gasteiger partial charge in [-0.2, -0.15) is 0 Å². The maximum atomic E-state index is 12.9. The van der Waals surface area contributed by atoms with Gasteiger partial charge in [0.1, 0.15) is 6.54 Å².